The molecule has 2 nitrogen and oxygen atoms in total. The summed E-state index contributed by atoms with van der Waals surface area (Å²) >= 11 is 5.65. The first-order valence-corrected chi connectivity index (χ1v) is 7.52. The van der Waals surface area contributed by atoms with Crippen LogP contribution in [-0.4, -0.2) is 23.9 Å². The first-order valence-electron chi connectivity index (χ1n) is 6.98. The number of alkyl halides is 1. The number of carbonyl (C=O) groups is 1. The van der Waals surface area contributed by atoms with Crippen molar-refractivity contribution in [3.05, 3.63) is 0 Å². The lowest BCUT2D eigenvalue weighted by Crippen LogP contribution is -2.43. The van der Waals surface area contributed by atoms with Gasteiger partial charge in [-0.05, 0) is 32.1 Å². The highest BCUT2D eigenvalue weighted by atomic mass is 35.5. The molecule has 2 aliphatic rings. The molecule has 2 fully saturated rings. The quantitative estimate of drug-likeness (QED) is 0.719. The molecule has 1 atom stereocenters. The Hall–Kier alpha value is -0.0800. The average Bonchev–Trinajstić information content (AvgIpc) is 2.37. The van der Waals surface area contributed by atoms with Gasteiger partial charge in [-0.15, -0.1) is 11.6 Å². The van der Waals surface area contributed by atoms with E-state index >= 15 is 0 Å². The Balaban J connectivity index is 1.89. The first kappa shape index (κ1) is 13.4. The monoisotopic (exact) mass is 258 g/mol. The van der Waals surface area contributed by atoms with Crippen LogP contribution in [0.4, 0.5) is 0 Å². The molecule has 0 aromatic heterocycles. The van der Waals surface area contributed by atoms with Gasteiger partial charge >= 0.3 is 0 Å². The van der Waals surface area contributed by atoms with E-state index in [4.69, 9.17) is 16.3 Å². The molecule has 1 heterocycles. The van der Waals surface area contributed by atoms with Gasteiger partial charge in [0.25, 0.3) is 0 Å². The van der Waals surface area contributed by atoms with Crippen LogP contribution in [0.3, 0.4) is 0 Å². The van der Waals surface area contributed by atoms with E-state index in [0.29, 0.717) is 18.1 Å². The maximum absolute atomic E-state index is 12.1. The van der Waals surface area contributed by atoms with E-state index in [1.54, 1.807) is 0 Å². The van der Waals surface area contributed by atoms with Crippen LogP contribution < -0.4 is 0 Å². The van der Waals surface area contributed by atoms with Crippen molar-refractivity contribution in [2.24, 2.45) is 5.92 Å². The third-order valence-corrected chi connectivity index (χ3v) is 4.54. The zero-order valence-corrected chi connectivity index (χ0v) is 11.3. The van der Waals surface area contributed by atoms with Crippen molar-refractivity contribution in [3.63, 3.8) is 0 Å². The second-order valence-electron chi connectivity index (χ2n) is 5.54. The summed E-state index contributed by atoms with van der Waals surface area (Å²) in [6, 6.07) is 0. The molecule has 1 aliphatic carbocycles. The number of carbonyl (C=O) groups excluding carboxylic acids is 1. The average molecular weight is 259 g/mol. The van der Waals surface area contributed by atoms with Gasteiger partial charge in [-0.25, -0.2) is 0 Å². The van der Waals surface area contributed by atoms with Crippen molar-refractivity contribution in [2.75, 3.05) is 12.5 Å². The molecular formula is C14H23ClO2. The molecule has 0 radical (unpaired) electrons. The lowest BCUT2D eigenvalue weighted by atomic mass is 9.74. The van der Waals surface area contributed by atoms with Crippen LogP contribution in [0.15, 0.2) is 0 Å². The Kier molecular flexibility index (Phi) is 4.87. The molecule has 0 aromatic rings. The molecule has 1 saturated carbocycles. The van der Waals surface area contributed by atoms with Crippen LogP contribution in [0.5, 0.6) is 0 Å². The first-order chi connectivity index (χ1) is 8.26. The van der Waals surface area contributed by atoms with Crippen LogP contribution in [0, 0.1) is 5.92 Å². The number of ketones is 1. The molecule has 2 rings (SSSR count). The number of rotatable bonds is 4. The van der Waals surface area contributed by atoms with Gasteiger partial charge in [0.15, 0.2) is 0 Å². The lowest BCUT2D eigenvalue weighted by Gasteiger charge is -2.43. The van der Waals surface area contributed by atoms with Crippen LogP contribution in [0.1, 0.15) is 57.8 Å². The van der Waals surface area contributed by atoms with Crippen molar-refractivity contribution in [3.8, 4) is 0 Å². The Labute approximate surface area is 109 Å². The maximum atomic E-state index is 12.1. The van der Waals surface area contributed by atoms with Crippen LogP contribution in [0.2, 0.25) is 0 Å². The van der Waals surface area contributed by atoms with Gasteiger partial charge in [0, 0.05) is 24.8 Å². The molecule has 0 aromatic carbocycles. The largest absolute Gasteiger partial charge is 0.375 e. The molecule has 0 amide bonds. The molecule has 1 aliphatic heterocycles. The molecule has 0 N–H and O–H groups in total. The summed E-state index contributed by atoms with van der Waals surface area (Å²) < 4.78 is 6.01. The van der Waals surface area contributed by atoms with E-state index in [0.717, 1.165) is 38.7 Å². The van der Waals surface area contributed by atoms with Crippen molar-refractivity contribution in [2.45, 2.75) is 63.4 Å². The number of Topliss-reactive ketones (excluding diaryl/α,β-unsaturated/α-hetero) is 1. The van der Waals surface area contributed by atoms with Gasteiger partial charge < -0.3 is 4.74 Å². The van der Waals surface area contributed by atoms with Gasteiger partial charge in [0.2, 0.25) is 0 Å². The fourth-order valence-electron chi connectivity index (χ4n) is 3.29. The maximum Gasteiger partial charge on any atom is 0.136 e. The summed E-state index contributed by atoms with van der Waals surface area (Å²) in [6.45, 7) is 0.775. The second-order valence-corrected chi connectivity index (χ2v) is 5.92. The predicted molar refractivity (Wildman–Crippen MR) is 69.5 cm³/mol. The van der Waals surface area contributed by atoms with Crippen LogP contribution >= 0.6 is 11.6 Å². The van der Waals surface area contributed by atoms with E-state index in [1.807, 2.05) is 0 Å². The molecule has 1 spiro atoms. The molecular weight excluding hydrogens is 236 g/mol. The highest BCUT2D eigenvalue weighted by Gasteiger charge is 2.40. The van der Waals surface area contributed by atoms with Gasteiger partial charge in [0.1, 0.15) is 5.78 Å². The van der Waals surface area contributed by atoms with Crippen LogP contribution in [-0.2, 0) is 9.53 Å². The Morgan fingerprint density at radius 3 is 2.76 bits per heavy atom. The minimum atomic E-state index is 0.0534. The second kappa shape index (κ2) is 6.19. The Morgan fingerprint density at radius 2 is 2.06 bits per heavy atom. The van der Waals surface area contributed by atoms with Gasteiger partial charge in [0.05, 0.1) is 5.60 Å². The molecule has 1 saturated heterocycles. The third-order valence-electron chi connectivity index (χ3n) is 4.27. The fraction of sp³-hybridized carbons (Fsp3) is 0.929. The highest BCUT2D eigenvalue weighted by molar-refractivity contribution is 6.17. The van der Waals surface area contributed by atoms with Gasteiger partial charge in [-0.2, -0.15) is 0 Å². The molecule has 17 heavy (non-hydrogen) atoms. The van der Waals surface area contributed by atoms with E-state index < -0.39 is 0 Å². The Bertz CT molecular complexity index is 253. The molecule has 0 bridgehead atoms. The van der Waals surface area contributed by atoms with Crippen molar-refractivity contribution >= 4 is 17.4 Å². The predicted octanol–water partition coefficient (Wildman–Crippen LogP) is 3.70. The topological polar surface area (TPSA) is 26.3 Å². The fourth-order valence-corrected chi connectivity index (χ4v) is 3.43. The number of halogens is 1. The third kappa shape index (κ3) is 3.45. The summed E-state index contributed by atoms with van der Waals surface area (Å²) in [4.78, 5) is 12.1. The summed E-state index contributed by atoms with van der Waals surface area (Å²) in [5, 5.41) is 0. The van der Waals surface area contributed by atoms with Gasteiger partial charge in [-0.3, -0.25) is 4.79 Å². The van der Waals surface area contributed by atoms with E-state index in [9.17, 15) is 4.79 Å². The number of hydrogen-bond donors (Lipinski definition) is 0. The smallest absolute Gasteiger partial charge is 0.136 e. The highest BCUT2D eigenvalue weighted by Crippen LogP contribution is 2.41. The zero-order chi connectivity index (χ0) is 12.1. The van der Waals surface area contributed by atoms with E-state index in [-0.39, 0.29) is 11.5 Å². The SMILES string of the molecule is O=C(CCCCl)C1CCOC2(CCCCC2)C1. The minimum absolute atomic E-state index is 0.0534. The number of hydrogen-bond acceptors (Lipinski definition) is 2. The summed E-state index contributed by atoms with van der Waals surface area (Å²) in [6.07, 6.45) is 9.55. The standard InChI is InChI=1S/C14H23ClO2/c15-9-4-5-13(16)12-6-10-17-14(11-12)7-2-1-3-8-14/h12H,1-11H2. The summed E-state index contributed by atoms with van der Waals surface area (Å²) in [5.74, 6) is 1.25. The van der Waals surface area contributed by atoms with Crippen molar-refractivity contribution < 1.29 is 9.53 Å². The van der Waals surface area contributed by atoms with E-state index in [2.05, 4.69) is 0 Å². The number of ether oxygens (including phenoxy) is 1. The van der Waals surface area contributed by atoms with Crippen LogP contribution in [0.25, 0.3) is 0 Å². The summed E-state index contributed by atoms with van der Waals surface area (Å²) in [7, 11) is 0. The van der Waals surface area contributed by atoms with Crippen molar-refractivity contribution in [1.82, 2.24) is 0 Å². The zero-order valence-electron chi connectivity index (χ0n) is 10.5. The molecule has 98 valence electrons. The Morgan fingerprint density at radius 1 is 1.29 bits per heavy atom. The molecule has 3 heteroatoms. The van der Waals surface area contributed by atoms with Gasteiger partial charge in [-0.1, -0.05) is 19.3 Å². The lowest BCUT2D eigenvalue weighted by molar-refractivity contribution is -0.142. The van der Waals surface area contributed by atoms with Crippen molar-refractivity contribution in [1.29, 1.82) is 0 Å². The summed E-state index contributed by atoms with van der Waals surface area (Å²) in [5.41, 5.74) is 0.0534. The minimum Gasteiger partial charge on any atom is -0.375 e. The molecule has 1 unspecified atom stereocenters. The van der Waals surface area contributed by atoms with E-state index in [1.165, 1.54) is 19.3 Å². The normalized spacial score (nSPS) is 28.2.